The standard InChI is InChI=1S/C11H21NO/c1-2-3-4-5-6-7-12-8-10-13-11-9-12/h6-7H,2-5,8-11H2,1H3/b7-6+. The van der Waals surface area contributed by atoms with Crippen molar-refractivity contribution in [2.75, 3.05) is 26.3 Å². The Morgan fingerprint density at radius 3 is 2.69 bits per heavy atom. The predicted octanol–water partition coefficient (Wildman–Crippen LogP) is 2.41. The van der Waals surface area contributed by atoms with Crippen molar-refractivity contribution in [1.82, 2.24) is 4.90 Å². The number of allylic oxidation sites excluding steroid dienone is 1. The topological polar surface area (TPSA) is 12.5 Å². The molecule has 1 aliphatic heterocycles. The van der Waals surface area contributed by atoms with E-state index in [1.54, 1.807) is 0 Å². The van der Waals surface area contributed by atoms with Crippen molar-refractivity contribution in [3.8, 4) is 0 Å². The van der Waals surface area contributed by atoms with Crippen molar-refractivity contribution >= 4 is 0 Å². The molecule has 2 heteroatoms. The van der Waals surface area contributed by atoms with E-state index in [0.717, 1.165) is 26.3 Å². The monoisotopic (exact) mass is 183 g/mol. The van der Waals surface area contributed by atoms with Crippen molar-refractivity contribution in [3.63, 3.8) is 0 Å². The normalized spacial score (nSPS) is 18.4. The summed E-state index contributed by atoms with van der Waals surface area (Å²) in [6.07, 6.45) is 9.75. The van der Waals surface area contributed by atoms with Crippen molar-refractivity contribution in [2.24, 2.45) is 0 Å². The van der Waals surface area contributed by atoms with E-state index in [1.165, 1.54) is 25.7 Å². The van der Waals surface area contributed by atoms with Gasteiger partial charge in [0.1, 0.15) is 0 Å². The van der Waals surface area contributed by atoms with Gasteiger partial charge < -0.3 is 9.64 Å². The molecule has 0 aromatic rings. The summed E-state index contributed by atoms with van der Waals surface area (Å²) >= 11 is 0. The first-order chi connectivity index (χ1) is 6.43. The molecule has 13 heavy (non-hydrogen) atoms. The van der Waals surface area contributed by atoms with Crippen LogP contribution >= 0.6 is 0 Å². The molecule has 0 bridgehead atoms. The Morgan fingerprint density at radius 2 is 2.00 bits per heavy atom. The van der Waals surface area contributed by atoms with Gasteiger partial charge in [-0.25, -0.2) is 0 Å². The molecule has 1 aliphatic rings. The molecule has 0 aliphatic carbocycles. The molecule has 1 fully saturated rings. The van der Waals surface area contributed by atoms with Crippen molar-refractivity contribution in [3.05, 3.63) is 12.3 Å². The third-order valence-corrected chi connectivity index (χ3v) is 2.34. The van der Waals surface area contributed by atoms with Crippen molar-refractivity contribution in [1.29, 1.82) is 0 Å². The summed E-state index contributed by atoms with van der Waals surface area (Å²) < 4.78 is 5.27. The molecule has 1 rings (SSSR count). The summed E-state index contributed by atoms with van der Waals surface area (Å²) in [6.45, 7) is 6.14. The van der Waals surface area contributed by atoms with Gasteiger partial charge in [0.2, 0.25) is 0 Å². The first-order valence-corrected chi connectivity index (χ1v) is 5.42. The fraction of sp³-hybridized carbons (Fsp3) is 0.818. The average molecular weight is 183 g/mol. The van der Waals surface area contributed by atoms with Crippen LogP contribution in [0.15, 0.2) is 12.3 Å². The van der Waals surface area contributed by atoms with E-state index in [4.69, 9.17) is 4.74 Å². The predicted molar refractivity (Wildman–Crippen MR) is 55.7 cm³/mol. The van der Waals surface area contributed by atoms with Crippen LogP contribution < -0.4 is 0 Å². The molecular formula is C11H21NO. The molecule has 0 radical (unpaired) electrons. The molecular weight excluding hydrogens is 162 g/mol. The van der Waals surface area contributed by atoms with E-state index in [1.807, 2.05) is 0 Å². The maximum absolute atomic E-state index is 5.27. The lowest BCUT2D eigenvalue weighted by molar-refractivity contribution is 0.0593. The number of nitrogens with zero attached hydrogens (tertiary/aromatic N) is 1. The quantitative estimate of drug-likeness (QED) is 0.607. The maximum atomic E-state index is 5.27. The summed E-state index contributed by atoms with van der Waals surface area (Å²) in [5.41, 5.74) is 0. The number of morpholine rings is 1. The van der Waals surface area contributed by atoms with E-state index in [0.29, 0.717) is 0 Å². The summed E-state index contributed by atoms with van der Waals surface area (Å²) in [6, 6.07) is 0. The average Bonchev–Trinajstić information content (AvgIpc) is 2.19. The molecule has 1 heterocycles. The van der Waals surface area contributed by atoms with Crippen LogP contribution in [0.2, 0.25) is 0 Å². The van der Waals surface area contributed by atoms with Gasteiger partial charge in [-0.3, -0.25) is 0 Å². The second kappa shape index (κ2) is 6.96. The molecule has 1 saturated heterocycles. The fourth-order valence-electron chi connectivity index (χ4n) is 1.46. The Bertz CT molecular complexity index is 139. The highest BCUT2D eigenvalue weighted by Gasteiger charge is 2.04. The molecule has 0 unspecified atom stereocenters. The number of rotatable bonds is 5. The third kappa shape index (κ3) is 4.94. The van der Waals surface area contributed by atoms with Crippen LogP contribution in [-0.2, 0) is 4.74 Å². The SMILES string of the molecule is CCCCC/C=C/N1CCOCC1. The Labute approximate surface area is 81.6 Å². The molecule has 0 aromatic carbocycles. The third-order valence-electron chi connectivity index (χ3n) is 2.34. The fourth-order valence-corrected chi connectivity index (χ4v) is 1.46. The highest BCUT2D eigenvalue weighted by atomic mass is 16.5. The van der Waals surface area contributed by atoms with Crippen molar-refractivity contribution < 1.29 is 4.74 Å². The van der Waals surface area contributed by atoms with Crippen molar-refractivity contribution in [2.45, 2.75) is 32.6 Å². The molecule has 76 valence electrons. The van der Waals surface area contributed by atoms with E-state index in [-0.39, 0.29) is 0 Å². The zero-order valence-corrected chi connectivity index (χ0v) is 8.67. The summed E-state index contributed by atoms with van der Waals surface area (Å²) in [7, 11) is 0. The summed E-state index contributed by atoms with van der Waals surface area (Å²) in [5.74, 6) is 0. The van der Waals surface area contributed by atoms with Crippen LogP contribution in [0.5, 0.6) is 0 Å². The minimum absolute atomic E-state index is 0.888. The maximum Gasteiger partial charge on any atom is 0.0642 e. The number of hydrogen-bond donors (Lipinski definition) is 0. The molecule has 0 atom stereocenters. The largest absolute Gasteiger partial charge is 0.378 e. The molecule has 0 amide bonds. The summed E-state index contributed by atoms with van der Waals surface area (Å²) in [4.78, 5) is 2.34. The lowest BCUT2D eigenvalue weighted by Crippen LogP contribution is -2.31. The smallest absolute Gasteiger partial charge is 0.0642 e. The van der Waals surface area contributed by atoms with Crippen LogP contribution in [0.4, 0.5) is 0 Å². The highest BCUT2D eigenvalue weighted by Crippen LogP contribution is 2.02. The van der Waals surface area contributed by atoms with Crippen LogP contribution in [0.25, 0.3) is 0 Å². The van der Waals surface area contributed by atoms with Gasteiger partial charge in [-0.1, -0.05) is 25.8 Å². The van der Waals surface area contributed by atoms with Gasteiger partial charge in [0.15, 0.2) is 0 Å². The van der Waals surface area contributed by atoms with E-state index < -0.39 is 0 Å². The van der Waals surface area contributed by atoms with Crippen LogP contribution in [0, 0.1) is 0 Å². The number of hydrogen-bond acceptors (Lipinski definition) is 2. The second-order valence-electron chi connectivity index (χ2n) is 3.53. The Morgan fingerprint density at radius 1 is 1.23 bits per heavy atom. The zero-order chi connectivity index (χ0) is 9.36. The van der Waals surface area contributed by atoms with Gasteiger partial charge in [-0.05, 0) is 19.0 Å². The molecule has 0 saturated carbocycles. The first-order valence-electron chi connectivity index (χ1n) is 5.42. The molecule has 0 aromatic heterocycles. The van der Waals surface area contributed by atoms with Gasteiger partial charge in [-0.15, -0.1) is 0 Å². The molecule has 2 nitrogen and oxygen atoms in total. The minimum atomic E-state index is 0.888. The molecule has 0 spiro atoms. The van der Waals surface area contributed by atoms with Gasteiger partial charge in [0, 0.05) is 13.1 Å². The lowest BCUT2D eigenvalue weighted by atomic mass is 10.2. The van der Waals surface area contributed by atoms with Gasteiger partial charge in [0.25, 0.3) is 0 Å². The Hall–Kier alpha value is -0.500. The zero-order valence-electron chi connectivity index (χ0n) is 8.67. The number of ether oxygens (including phenoxy) is 1. The highest BCUT2D eigenvalue weighted by molar-refractivity contribution is 4.83. The van der Waals surface area contributed by atoms with E-state index in [9.17, 15) is 0 Å². The number of unbranched alkanes of at least 4 members (excludes halogenated alkanes) is 3. The van der Waals surface area contributed by atoms with Gasteiger partial charge in [0.05, 0.1) is 13.2 Å². The summed E-state index contributed by atoms with van der Waals surface area (Å²) in [5, 5.41) is 0. The molecule has 0 N–H and O–H groups in total. The Balaban J connectivity index is 2.01. The Kier molecular flexibility index (Phi) is 5.66. The van der Waals surface area contributed by atoms with Gasteiger partial charge >= 0.3 is 0 Å². The second-order valence-corrected chi connectivity index (χ2v) is 3.53. The van der Waals surface area contributed by atoms with E-state index >= 15 is 0 Å². The lowest BCUT2D eigenvalue weighted by Gasteiger charge is -2.24. The van der Waals surface area contributed by atoms with Crippen LogP contribution in [-0.4, -0.2) is 31.2 Å². The van der Waals surface area contributed by atoms with Crippen LogP contribution in [0.1, 0.15) is 32.6 Å². The first kappa shape index (κ1) is 10.6. The minimum Gasteiger partial charge on any atom is -0.378 e. The van der Waals surface area contributed by atoms with Crippen LogP contribution in [0.3, 0.4) is 0 Å². The van der Waals surface area contributed by atoms with Gasteiger partial charge in [-0.2, -0.15) is 0 Å². The van der Waals surface area contributed by atoms with E-state index in [2.05, 4.69) is 24.1 Å².